The molecule has 6 heteroatoms. The molecule has 1 fully saturated rings. The number of fused-ring (bicyclic) bond motifs is 1. The van der Waals surface area contributed by atoms with Crippen molar-refractivity contribution in [2.75, 3.05) is 6.61 Å². The summed E-state index contributed by atoms with van der Waals surface area (Å²) in [5.74, 6) is 0.879. The van der Waals surface area contributed by atoms with Gasteiger partial charge in [0.15, 0.2) is 0 Å². The van der Waals surface area contributed by atoms with Gasteiger partial charge < -0.3 is 18.0 Å². The Morgan fingerprint density at radius 2 is 1.37 bits per heavy atom. The van der Waals surface area contributed by atoms with Crippen LogP contribution in [0.5, 0.6) is 0 Å². The van der Waals surface area contributed by atoms with E-state index in [1.54, 1.807) is 0 Å². The Hall–Kier alpha value is -0.926. The lowest BCUT2D eigenvalue weighted by molar-refractivity contribution is -0.113. The van der Waals surface area contributed by atoms with Gasteiger partial charge in [0.1, 0.15) is 18.0 Å². The van der Waals surface area contributed by atoms with Crippen LogP contribution in [-0.4, -0.2) is 41.8 Å². The van der Waals surface area contributed by atoms with Crippen molar-refractivity contribution in [2.45, 2.75) is 128 Å². The second kappa shape index (κ2) is 10.1. The maximum Gasteiger partial charge on any atom is 0.349 e. The van der Waals surface area contributed by atoms with E-state index >= 15 is 0 Å². The molecule has 0 aliphatic carbocycles. The highest BCUT2D eigenvalue weighted by molar-refractivity contribution is 6.77. The van der Waals surface area contributed by atoms with Gasteiger partial charge in [0, 0.05) is 15.6 Å². The van der Waals surface area contributed by atoms with Crippen LogP contribution in [0.3, 0.4) is 0 Å². The van der Waals surface area contributed by atoms with E-state index < -0.39 is 16.9 Å². The molecule has 3 rings (SSSR count). The van der Waals surface area contributed by atoms with E-state index in [1.807, 2.05) is 6.07 Å². The lowest BCUT2D eigenvalue weighted by atomic mass is 10.0. The van der Waals surface area contributed by atoms with Gasteiger partial charge in [-0.25, -0.2) is 0 Å². The van der Waals surface area contributed by atoms with E-state index in [2.05, 4.69) is 113 Å². The van der Waals surface area contributed by atoms with Crippen LogP contribution in [0, 0.1) is 0 Å². The Bertz CT molecular complexity index is 844. The van der Waals surface area contributed by atoms with Crippen LogP contribution in [0.1, 0.15) is 88.6 Å². The van der Waals surface area contributed by atoms with E-state index in [0.29, 0.717) is 23.2 Å². The lowest BCUT2D eigenvalue weighted by Crippen LogP contribution is -2.68. The molecular weight excluding hydrogens is 468 g/mol. The third-order valence-corrected chi connectivity index (χ3v) is 19.3. The molecule has 0 radical (unpaired) electrons. The lowest BCUT2D eigenvalue weighted by Gasteiger charge is -2.57. The van der Waals surface area contributed by atoms with Crippen molar-refractivity contribution in [3.63, 3.8) is 0 Å². The quantitative estimate of drug-likeness (QED) is 0.354. The van der Waals surface area contributed by atoms with Gasteiger partial charge in [-0.1, -0.05) is 113 Å². The van der Waals surface area contributed by atoms with E-state index in [0.717, 1.165) is 11.3 Å². The first-order valence-electron chi connectivity index (χ1n) is 13.5. The molecule has 2 aliphatic rings. The molecule has 1 saturated heterocycles. The Morgan fingerprint density at radius 1 is 0.857 bits per heavy atom. The normalized spacial score (nSPS) is 25.5. The maximum absolute atomic E-state index is 7.43. The van der Waals surface area contributed by atoms with Crippen LogP contribution in [0.25, 0.3) is 5.76 Å². The van der Waals surface area contributed by atoms with Crippen molar-refractivity contribution in [1.29, 1.82) is 0 Å². The van der Waals surface area contributed by atoms with Crippen molar-refractivity contribution < 1.29 is 18.0 Å². The fraction of sp³-hybridized carbons (Fsp3) is 0.724. The molecule has 1 aromatic rings. The minimum absolute atomic E-state index is 0.0904. The summed E-state index contributed by atoms with van der Waals surface area (Å²) in [7, 11) is -4.83. The maximum atomic E-state index is 7.43. The highest BCUT2D eigenvalue weighted by Gasteiger charge is 2.64. The van der Waals surface area contributed by atoms with Crippen LogP contribution in [0.15, 0.2) is 36.4 Å². The SMILES string of the molecule is CC(C)[Si](O[C@@H]1C=C(c2ccccc2)O[C@@H]2CO[Si](C(C)(C)C)(C(C)(C)C)O[C@@H]12)(C(C)C)C(C)C. The van der Waals surface area contributed by atoms with Gasteiger partial charge in [-0.3, -0.25) is 0 Å². The first-order valence-corrected chi connectivity index (χ1v) is 17.5. The summed E-state index contributed by atoms with van der Waals surface area (Å²) in [5, 5.41) is -0.181. The minimum atomic E-state index is -2.67. The molecule has 35 heavy (non-hydrogen) atoms. The average molecular weight is 519 g/mol. The number of hydrogen-bond donors (Lipinski definition) is 0. The summed E-state index contributed by atoms with van der Waals surface area (Å²) in [4.78, 5) is 0. The predicted molar refractivity (Wildman–Crippen MR) is 151 cm³/mol. The molecule has 1 aromatic carbocycles. The standard InChI is InChI=1S/C29H50O4Si2/c1-20(2)34(21(3)4,22(5)6)32-25-18-24(23-16-14-13-15-17-23)31-26-19-30-35(28(7,8)9,29(10,11)12)33-27(25)26/h13-18,20-22,25-27H,19H2,1-12H3/t25-,26-,27+/m1/s1. The molecule has 198 valence electrons. The zero-order chi connectivity index (χ0) is 26.4. The molecule has 2 aliphatic heterocycles. The van der Waals surface area contributed by atoms with Gasteiger partial charge in [0.2, 0.25) is 8.32 Å². The fourth-order valence-electron chi connectivity index (χ4n) is 6.85. The Balaban J connectivity index is 2.13. The second-order valence-electron chi connectivity index (χ2n) is 13.5. The van der Waals surface area contributed by atoms with E-state index in [1.165, 1.54) is 0 Å². The van der Waals surface area contributed by atoms with Crippen molar-refractivity contribution >= 4 is 22.6 Å². The molecule has 0 unspecified atom stereocenters. The van der Waals surface area contributed by atoms with Crippen LogP contribution in [0.2, 0.25) is 26.7 Å². The highest BCUT2D eigenvalue weighted by Crippen LogP contribution is 2.56. The topological polar surface area (TPSA) is 36.9 Å². The molecule has 0 aromatic heterocycles. The minimum Gasteiger partial charge on any atom is -0.485 e. The molecule has 0 saturated carbocycles. The van der Waals surface area contributed by atoms with Crippen LogP contribution >= 0.6 is 0 Å². The Kier molecular flexibility index (Phi) is 8.26. The van der Waals surface area contributed by atoms with Gasteiger partial charge in [0.25, 0.3) is 0 Å². The molecule has 3 atom stereocenters. The zero-order valence-electron chi connectivity index (χ0n) is 24.3. The number of ether oxygens (including phenoxy) is 1. The number of hydrogen-bond acceptors (Lipinski definition) is 4. The molecule has 0 N–H and O–H groups in total. The summed E-state index contributed by atoms with van der Waals surface area (Å²) < 4.78 is 28.0. The first kappa shape index (κ1) is 28.6. The molecule has 0 bridgehead atoms. The predicted octanol–water partition coefficient (Wildman–Crippen LogP) is 8.44. The molecule has 2 heterocycles. The number of benzene rings is 1. The smallest absolute Gasteiger partial charge is 0.349 e. The summed E-state index contributed by atoms with van der Waals surface area (Å²) in [6.07, 6.45) is 1.68. The second-order valence-corrected chi connectivity index (χ2v) is 23.6. The molecule has 0 amide bonds. The van der Waals surface area contributed by atoms with Gasteiger partial charge in [-0.05, 0) is 22.7 Å². The third kappa shape index (κ3) is 5.11. The largest absolute Gasteiger partial charge is 0.485 e. The van der Waals surface area contributed by atoms with Crippen molar-refractivity contribution in [3.8, 4) is 0 Å². The zero-order valence-corrected chi connectivity index (χ0v) is 26.3. The van der Waals surface area contributed by atoms with Gasteiger partial charge in [-0.2, -0.15) is 0 Å². The van der Waals surface area contributed by atoms with Gasteiger partial charge >= 0.3 is 8.56 Å². The molecule has 0 spiro atoms. The average Bonchev–Trinajstić information content (AvgIpc) is 2.75. The monoisotopic (exact) mass is 518 g/mol. The molecular formula is C29H50O4Si2. The fourth-order valence-corrected chi connectivity index (χ4v) is 17.3. The third-order valence-electron chi connectivity index (χ3n) is 8.12. The summed E-state index contributed by atoms with van der Waals surface area (Å²) >= 11 is 0. The van der Waals surface area contributed by atoms with E-state index in [-0.39, 0.29) is 28.4 Å². The van der Waals surface area contributed by atoms with Crippen molar-refractivity contribution in [2.24, 2.45) is 0 Å². The summed E-state index contributed by atoms with van der Waals surface area (Å²) in [5.41, 5.74) is 2.55. The Labute approximate surface area is 217 Å². The highest BCUT2D eigenvalue weighted by atomic mass is 28.4. The van der Waals surface area contributed by atoms with Gasteiger partial charge in [-0.15, -0.1) is 0 Å². The van der Waals surface area contributed by atoms with Crippen LogP contribution in [0.4, 0.5) is 0 Å². The van der Waals surface area contributed by atoms with Crippen molar-refractivity contribution in [3.05, 3.63) is 42.0 Å². The molecule has 4 nitrogen and oxygen atoms in total. The van der Waals surface area contributed by atoms with E-state index in [9.17, 15) is 0 Å². The van der Waals surface area contributed by atoms with Gasteiger partial charge in [0.05, 0.1) is 12.7 Å². The summed E-state index contributed by atoms with van der Waals surface area (Å²) in [6.45, 7) is 28.2. The Morgan fingerprint density at radius 3 is 1.83 bits per heavy atom. The summed E-state index contributed by atoms with van der Waals surface area (Å²) in [6, 6.07) is 10.4. The van der Waals surface area contributed by atoms with E-state index in [4.69, 9.17) is 18.0 Å². The van der Waals surface area contributed by atoms with Crippen LogP contribution < -0.4 is 0 Å². The van der Waals surface area contributed by atoms with Crippen molar-refractivity contribution in [1.82, 2.24) is 0 Å². The van der Waals surface area contributed by atoms with Crippen LogP contribution in [-0.2, 0) is 18.0 Å². The first-order chi connectivity index (χ1) is 16.1. The number of rotatable bonds is 6.